The molecule has 2 unspecified atom stereocenters. The third-order valence-electron chi connectivity index (χ3n) is 2.52. The highest BCUT2D eigenvalue weighted by Gasteiger charge is 2.35. The standard InChI is InChI=1S/C10H22N4/c1-4-8-5-9(8)13-10(14-11)12-6-7(2)3/h7-9H,4-6,11H2,1-3H3,(H2,12,13,14). The Kier molecular flexibility index (Phi) is 4.20. The van der Waals surface area contributed by atoms with Gasteiger partial charge in [0.1, 0.15) is 0 Å². The third kappa shape index (κ3) is 3.54. The van der Waals surface area contributed by atoms with E-state index in [0.29, 0.717) is 12.0 Å². The summed E-state index contributed by atoms with van der Waals surface area (Å²) in [6.07, 6.45) is 2.48. The summed E-state index contributed by atoms with van der Waals surface area (Å²) in [4.78, 5) is 4.36. The van der Waals surface area contributed by atoms with Gasteiger partial charge in [-0.1, -0.05) is 27.2 Å². The van der Waals surface area contributed by atoms with E-state index >= 15 is 0 Å². The van der Waals surface area contributed by atoms with Gasteiger partial charge in [0.25, 0.3) is 0 Å². The second kappa shape index (κ2) is 5.20. The van der Waals surface area contributed by atoms with E-state index in [0.717, 1.165) is 18.4 Å². The molecule has 0 spiro atoms. The first-order valence-electron chi connectivity index (χ1n) is 5.45. The molecule has 0 aromatic carbocycles. The molecule has 0 aromatic heterocycles. The number of nitrogens with one attached hydrogen (secondary N) is 2. The van der Waals surface area contributed by atoms with Crippen molar-refractivity contribution in [2.45, 2.75) is 39.7 Å². The molecule has 1 aliphatic carbocycles. The van der Waals surface area contributed by atoms with Crippen molar-refractivity contribution in [3.05, 3.63) is 0 Å². The van der Waals surface area contributed by atoms with Crippen LogP contribution in [0.1, 0.15) is 33.6 Å². The van der Waals surface area contributed by atoms with E-state index in [-0.39, 0.29) is 0 Å². The van der Waals surface area contributed by atoms with Crippen molar-refractivity contribution in [1.29, 1.82) is 0 Å². The lowest BCUT2D eigenvalue weighted by Gasteiger charge is -2.09. The largest absolute Gasteiger partial charge is 0.352 e. The van der Waals surface area contributed by atoms with E-state index < -0.39 is 0 Å². The molecule has 1 rings (SSSR count). The summed E-state index contributed by atoms with van der Waals surface area (Å²) in [5, 5.41) is 3.31. The van der Waals surface area contributed by atoms with Gasteiger partial charge in [0, 0.05) is 12.6 Å². The summed E-state index contributed by atoms with van der Waals surface area (Å²) >= 11 is 0. The Bertz CT molecular complexity index is 200. The molecule has 1 aliphatic rings. The van der Waals surface area contributed by atoms with Crippen molar-refractivity contribution in [2.24, 2.45) is 22.7 Å². The SMILES string of the molecule is CCC1CC1NC(=NCC(C)C)NN. The van der Waals surface area contributed by atoms with Crippen LogP contribution in [0.15, 0.2) is 4.99 Å². The zero-order valence-corrected chi connectivity index (χ0v) is 9.38. The highest BCUT2D eigenvalue weighted by molar-refractivity contribution is 5.79. The average molecular weight is 198 g/mol. The van der Waals surface area contributed by atoms with Crippen molar-refractivity contribution in [3.8, 4) is 0 Å². The first-order valence-corrected chi connectivity index (χ1v) is 5.45. The monoisotopic (exact) mass is 198 g/mol. The van der Waals surface area contributed by atoms with E-state index in [9.17, 15) is 0 Å². The Morgan fingerprint density at radius 2 is 2.29 bits per heavy atom. The summed E-state index contributed by atoms with van der Waals surface area (Å²) in [7, 11) is 0. The van der Waals surface area contributed by atoms with Gasteiger partial charge < -0.3 is 5.32 Å². The van der Waals surface area contributed by atoms with Crippen LogP contribution >= 0.6 is 0 Å². The average Bonchev–Trinajstić information content (AvgIpc) is 2.90. The highest BCUT2D eigenvalue weighted by atomic mass is 15.3. The van der Waals surface area contributed by atoms with Gasteiger partial charge in [-0.3, -0.25) is 10.4 Å². The Morgan fingerprint density at radius 3 is 2.71 bits per heavy atom. The van der Waals surface area contributed by atoms with Gasteiger partial charge in [0.15, 0.2) is 0 Å². The predicted octanol–water partition coefficient (Wildman–Crippen LogP) is 0.850. The molecule has 0 bridgehead atoms. The van der Waals surface area contributed by atoms with Crippen LogP contribution in [-0.2, 0) is 0 Å². The molecule has 0 saturated heterocycles. The molecule has 2 atom stereocenters. The van der Waals surface area contributed by atoms with Crippen molar-refractivity contribution >= 4 is 5.96 Å². The fourth-order valence-corrected chi connectivity index (χ4v) is 1.46. The fourth-order valence-electron chi connectivity index (χ4n) is 1.46. The Balaban J connectivity index is 2.28. The van der Waals surface area contributed by atoms with Gasteiger partial charge in [0.2, 0.25) is 5.96 Å². The Labute approximate surface area is 86.3 Å². The number of hydrazine groups is 1. The summed E-state index contributed by atoms with van der Waals surface area (Å²) < 4.78 is 0. The van der Waals surface area contributed by atoms with Crippen LogP contribution in [0.3, 0.4) is 0 Å². The highest BCUT2D eigenvalue weighted by Crippen LogP contribution is 2.32. The number of nitrogens with two attached hydrogens (primary N) is 1. The fraction of sp³-hybridized carbons (Fsp3) is 0.900. The van der Waals surface area contributed by atoms with Crippen LogP contribution in [0.5, 0.6) is 0 Å². The second-order valence-corrected chi connectivity index (χ2v) is 4.38. The molecule has 4 nitrogen and oxygen atoms in total. The summed E-state index contributed by atoms with van der Waals surface area (Å²) in [6, 6.07) is 0.585. The van der Waals surface area contributed by atoms with Crippen LogP contribution in [0.25, 0.3) is 0 Å². The van der Waals surface area contributed by atoms with Gasteiger partial charge in [-0.25, -0.2) is 5.84 Å². The quantitative estimate of drug-likeness (QED) is 0.272. The van der Waals surface area contributed by atoms with Crippen LogP contribution < -0.4 is 16.6 Å². The van der Waals surface area contributed by atoms with Gasteiger partial charge in [-0.2, -0.15) is 0 Å². The first-order chi connectivity index (χ1) is 6.67. The topological polar surface area (TPSA) is 62.4 Å². The lowest BCUT2D eigenvalue weighted by Crippen LogP contribution is -2.43. The molecular weight excluding hydrogens is 176 g/mol. The minimum absolute atomic E-state index is 0.571. The van der Waals surface area contributed by atoms with Crippen molar-refractivity contribution in [3.63, 3.8) is 0 Å². The van der Waals surface area contributed by atoms with E-state index in [1.54, 1.807) is 0 Å². The Hall–Kier alpha value is -0.770. The van der Waals surface area contributed by atoms with E-state index in [2.05, 4.69) is 36.5 Å². The lowest BCUT2D eigenvalue weighted by molar-refractivity contribution is 0.651. The number of hydrogen-bond acceptors (Lipinski definition) is 2. The number of guanidine groups is 1. The number of aliphatic imine (C=N–C) groups is 1. The normalized spacial score (nSPS) is 26.5. The zero-order chi connectivity index (χ0) is 10.6. The Morgan fingerprint density at radius 1 is 1.57 bits per heavy atom. The van der Waals surface area contributed by atoms with E-state index in [1.165, 1.54) is 12.8 Å². The van der Waals surface area contributed by atoms with Gasteiger partial charge in [-0.05, 0) is 18.3 Å². The molecule has 1 saturated carbocycles. The molecule has 0 aromatic rings. The summed E-state index contributed by atoms with van der Waals surface area (Å²) in [6.45, 7) is 7.32. The number of nitrogens with zero attached hydrogens (tertiary/aromatic N) is 1. The maximum absolute atomic E-state index is 5.38. The summed E-state index contributed by atoms with van der Waals surface area (Å²) in [5.41, 5.74) is 2.61. The van der Waals surface area contributed by atoms with Crippen molar-refractivity contribution < 1.29 is 0 Å². The van der Waals surface area contributed by atoms with Gasteiger partial charge >= 0.3 is 0 Å². The van der Waals surface area contributed by atoms with Crippen LogP contribution in [0.4, 0.5) is 0 Å². The van der Waals surface area contributed by atoms with Crippen molar-refractivity contribution in [1.82, 2.24) is 10.7 Å². The molecule has 0 amide bonds. The molecule has 0 heterocycles. The molecular formula is C10H22N4. The zero-order valence-electron chi connectivity index (χ0n) is 9.38. The maximum atomic E-state index is 5.38. The first kappa shape index (κ1) is 11.3. The smallest absolute Gasteiger partial charge is 0.205 e. The molecule has 4 N–H and O–H groups in total. The molecule has 1 fully saturated rings. The minimum atomic E-state index is 0.571. The van der Waals surface area contributed by atoms with Crippen LogP contribution in [0, 0.1) is 11.8 Å². The minimum Gasteiger partial charge on any atom is -0.352 e. The lowest BCUT2D eigenvalue weighted by atomic mass is 10.2. The molecule has 14 heavy (non-hydrogen) atoms. The molecule has 4 heteroatoms. The van der Waals surface area contributed by atoms with Crippen LogP contribution in [0.2, 0.25) is 0 Å². The van der Waals surface area contributed by atoms with E-state index in [4.69, 9.17) is 5.84 Å². The van der Waals surface area contributed by atoms with Crippen molar-refractivity contribution in [2.75, 3.05) is 6.54 Å². The van der Waals surface area contributed by atoms with Crippen LogP contribution in [-0.4, -0.2) is 18.5 Å². The summed E-state index contributed by atoms with van der Waals surface area (Å²) in [5.74, 6) is 7.50. The van der Waals surface area contributed by atoms with E-state index in [1.807, 2.05) is 0 Å². The third-order valence-corrected chi connectivity index (χ3v) is 2.52. The van der Waals surface area contributed by atoms with Gasteiger partial charge in [-0.15, -0.1) is 0 Å². The molecule has 0 aliphatic heterocycles. The molecule has 0 radical (unpaired) electrons. The predicted molar refractivity (Wildman–Crippen MR) is 59.8 cm³/mol. The second-order valence-electron chi connectivity index (χ2n) is 4.38. The molecule has 82 valence electrons. The maximum Gasteiger partial charge on any atom is 0.205 e. The van der Waals surface area contributed by atoms with Gasteiger partial charge in [0.05, 0.1) is 0 Å². The number of hydrogen-bond donors (Lipinski definition) is 3. The number of rotatable bonds is 4.